The van der Waals surface area contributed by atoms with Gasteiger partial charge in [-0.05, 0) is 80.8 Å². The van der Waals surface area contributed by atoms with E-state index in [1.54, 1.807) is 4.90 Å². The van der Waals surface area contributed by atoms with E-state index < -0.39 is 17.7 Å². The summed E-state index contributed by atoms with van der Waals surface area (Å²) in [6.45, 7) is 6.49. The van der Waals surface area contributed by atoms with E-state index in [1.807, 2.05) is 56.3 Å². The minimum absolute atomic E-state index is 0.00154. The lowest BCUT2D eigenvalue weighted by Gasteiger charge is -2.26. The van der Waals surface area contributed by atoms with Crippen molar-refractivity contribution in [3.8, 4) is 5.75 Å². The van der Waals surface area contributed by atoms with Gasteiger partial charge in [-0.1, -0.05) is 44.0 Å². The van der Waals surface area contributed by atoms with Crippen LogP contribution < -0.4 is 4.74 Å². The van der Waals surface area contributed by atoms with Crippen LogP contribution in [0.15, 0.2) is 48.0 Å². The Bertz CT molecular complexity index is 1100. The molecule has 0 aromatic heterocycles. The van der Waals surface area contributed by atoms with Gasteiger partial charge in [-0.2, -0.15) is 0 Å². The quantitative estimate of drug-likeness (QED) is 0.228. The summed E-state index contributed by atoms with van der Waals surface area (Å²) >= 11 is 0. The standard InChI is InChI=1S/C29H35NO4/c1-4-5-8-16-30-26(22-12-9-13-24(18-22)34-19(2)3)25(28(32)29(30)33)27(31)23-15-14-20-10-6-7-11-21(20)17-23/h9,12-15,17-19,26,31H,4-8,10-11,16H2,1-3H3/b27-25-. The molecule has 34 heavy (non-hydrogen) atoms. The Balaban J connectivity index is 1.80. The Labute approximate surface area is 202 Å². The molecule has 5 nitrogen and oxygen atoms in total. The van der Waals surface area contributed by atoms with Gasteiger partial charge in [-0.25, -0.2) is 0 Å². The van der Waals surface area contributed by atoms with Crippen molar-refractivity contribution in [2.75, 3.05) is 6.54 Å². The fraction of sp³-hybridized carbons (Fsp3) is 0.448. The molecule has 1 saturated heterocycles. The van der Waals surface area contributed by atoms with Crippen molar-refractivity contribution < 1.29 is 19.4 Å². The SMILES string of the molecule is CCCCCN1C(=O)C(=O)/C(=C(\O)c2ccc3c(c2)CCCC3)C1c1cccc(OC(C)C)c1. The monoisotopic (exact) mass is 461 g/mol. The van der Waals surface area contributed by atoms with Crippen LogP contribution >= 0.6 is 0 Å². The normalized spacial score (nSPS) is 19.5. The van der Waals surface area contributed by atoms with Gasteiger partial charge >= 0.3 is 0 Å². The Morgan fingerprint density at radius 3 is 2.56 bits per heavy atom. The average molecular weight is 462 g/mol. The van der Waals surface area contributed by atoms with Crippen molar-refractivity contribution in [2.24, 2.45) is 0 Å². The lowest BCUT2D eigenvalue weighted by molar-refractivity contribution is -0.139. The number of benzene rings is 2. The second kappa shape index (κ2) is 10.5. The highest BCUT2D eigenvalue weighted by molar-refractivity contribution is 6.46. The van der Waals surface area contributed by atoms with Crippen LogP contribution in [0.3, 0.4) is 0 Å². The summed E-state index contributed by atoms with van der Waals surface area (Å²) < 4.78 is 5.88. The van der Waals surface area contributed by atoms with E-state index in [-0.39, 0.29) is 17.4 Å². The Hall–Kier alpha value is -3.08. The van der Waals surface area contributed by atoms with E-state index >= 15 is 0 Å². The lowest BCUT2D eigenvalue weighted by atomic mass is 9.88. The molecule has 0 saturated carbocycles. The van der Waals surface area contributed by atoms with E-state index in [4.69, 9.17) is 4.74 Å². The van der Waals surface area contributed by atoms with Gasteiger partial charge < -0.3 is 14.7 Å². The molecule has 1 atom stereocenters. The summed E-state index contributed by atoms with van der Waals surface area (Å²) in [6, 6.07) is 12.8. The van der Waals surface area contributed by atoms with Crippen LogP contribution in [0.5, 0.6) is 5.75 Å². The van der Waals surface area contributed by atoms with Crippen LogP contribution in [0.25, 0.3) is 5.76 Å². The van der Waals surface area contributed by atoms with Crippen LogP contribution in [0.2, 0.25) is 0 Å². The van der Waals surface area contributed by atoms with Gasteiger partial charge in [0.2, 0.25) is 0 Å². The fourth-order valence-electron chi connectivity index (χ4n) is 5.06. The van der Waals surface area contributed by atoms with Gasteiger partial charge in [-0.3, -0.25) is 9.59 Å². The van der Waals surface area contributed by atoms with E-state index in [1.165, 1.54) is 17.5 Å². The van der Waals surface area contributed by atoms with E-state index in [0.29, 0.717) is 17.9 Å². The molecule has 2 aromatic rings. The minimum Gasteiger partial charge on any atom is -0.507 e. The highest BCUT2D eigenvalue weighted by Gasteiger charge is 2.45. The van der Waals surface area contributed by atoms with Gasteiger partial charge in [0.15, 0.2) is 0 Å². The molecule has 180 valence electrons. The van der Waals surface area contributed by atoms with Gasteiger partial charge in [0.05, 0.1) is 17.7 Å². The topological polar surface area (TPSA) is 66.8 Å². The molecular formula is C29H35NO4. The maximum Gasteiger partial charge on any atom is 0.295 e. The molecular weight excluding hydrogens is 426 g/mol. The van der Waals surface area contributed by atoms with Crippen LogP contribution in [0.4, 0.5) is 0 Å². The van der Waals surface area contributed by atoms with Gasteiger partial charge in [0.1, 0.15) is 11.5 Å². The fourth-order valence-corrected chi connectivity index (χ4v) is 5.06. The molecule has 1 fully saturated rings. The lowest BCUT2D eigenvalue weighted by Crippen LogP contribution is -2.30. The number of likely N-dealkylation sites (tertiary alicyclic amines) is 1. The number of carbonyl (C=O) groups excluding carboxylic acids is 2. The van der Waals surface area contributed by atoms with Crippen molar-refractivity contribution >= 4 is 17.4 Å². The van der Waals surface area contributed by atoms with Crippen LogP contribution in [0.1, 0.15) is 81.2 Å². The highest BCUT2D eigenvalue weighted by atomic mass is 16.5. The number of Topliss-reactive ketones (excluding diaryl/α,β-unsaturated/α-hetero) is 1. The van der Waals surface area contributed by atoms with Crippen LogP contribution in [-0.4, -0.2) is 34.3 Å². The van der Waals surface area contributed by atoms with Crippen molar-refractivity contribution in [2.45, 2.75) is 77.9 Å². The summed E-state index contributed by atoms with van der Waals surface area (Å²) in [6.07, 6.45) is 7.11. The molecule has 1 aliphatic heterocycles. The van der Waals surface area contributed by atoms with Crippen molar-refractivity contribution in [1.82, 2.24) is 4.90 Å². The second-order valence-corrected chi connectivity index (χ2v) is 9.63. The molecule has 1 amide bonds. The van der Waals surface area contributed by atoms with Crippen LogP contribution in [-0.2, 0) is 22.4 Å². The first-order valence-electron chi connectivity index (χ1n) is 12.6. The van der Waals surface area contributed by atoms with Gasteiger partial charge in [-0.15, -0.1) is 0 Å². The summed E-state index contributed by atoms with van der Waals surface area (Å²) in [5.74, 6) is -0.576. The van der Waals surface area contributed by atoms with E-state index in [0.717, 1.165) is 44.1 Å². The van der Waals surface area contributed by atoms with Crippen molar-refractivity contribution in [1.29, 1.82) is 0 Å². The average Bonchev–Trinajstić information content (AvgIpc) is 3.08. The number of fused-ring (bicyclic) bond motifs is 1. The largest absolute Gasteiger partial charge is 0.507 e. The second-order valence-electron chi connectivity index (χ2n) is 9.63. The maximum atomic E-state index is 13.3. The number of aliphatic hydroxyl groups excluding tert-OH is 1. The molecule has 2 aromatic carbocycles. The smallest absolute Gasteiger partial charge is 0.295 e. The van der Waals surface area contributed by atoms with Gasteiger partial charge in [0.25, 0.3) is 11.7 Å². The zero-order valence-electron chi connectivity index (χ0n) is 20.5. The number of nitrogens with zero attached hydrogens (tertiary/aromatic N) is 1. The number of aliphatic hydroxyl groups is 1. The molecule has 0 bridgehead atoms. The molecule has 4 rings (SSSR count). The molecule has 1 aliphatic carbocycles. The first-order valence-corrected chi connectivity index (χ1v) is 12.6. The first-order chi connectivity index (χ1) is 16.4. The summed E-state index contributed by atoms with van der Waals surface area (Å²) in [5, 5.41) is 11.4. The summed E-state index contributed by atoms with van der Waals surface area (Å²) in [4.78, 5) is 28.0. The minimum atomic E-state index is -0.636. The van der Waals surface area contributed by atoms with E-state index in [9.17, 15) is 14.7 Å². The number of hydrogen-bond donors (Lipinski definition) is 1. The number of amides is 1. The number of unbranched alkanes of at least 4 members (excludes halogenated alkanes) is 2. The Kier molecular flexibility index (Phi) is 7.40. The number of ketones is 1. The Morgan fingerprint density at radius 1 is 1.06 bits per heavy atom. The Morgan fingerprint density at radius 2 is 1.82 bits per heavy atom. The summed E-state index contributed by atoms with van der Waals surface area (Å²) in [7, 11) is 0. The molecule has 5 heteroatoms. The number of carbonyl (C=O) groups is 2. The third kappa shape index (κ3) is 4.89. The highest BCUT2D eigenvalue weighted by Crippen LogP contribution is 2.41. The number of aryl methyl sites for hydroxylation is 2. The number of rotatable bonds is 8. The predicted octanol–water partition coefficient (Wildman–Crippen LogP) is 5.96. The molecule has 0 spiro atoms. The summed E-state index contributed by atoms with van der Waals surface area (Å²) in [5.41, 5.74) is 4.06. The van der Waals surface area contributed by atoms with Gasteiger partial charge in [0, 0.05) is 12.1 Å². The number of ether oxygens (including phenoxy) is 1. The molecule has 1 unspecified atom stereocenters. The maximum absolute atomic E-state index is 13.3. The molecule has 1 heterocycles. The van der Waals surface area contributed by atoms with Crippen LogP contribution in [0, 0.1) is 0 Å². The first kappa shape index (κ1) is 24.1. The zero-order chi connectivity index (χ0) is 24.2. The zero-order valence-corrected chi connectivity index (χ0v) is 20.5. The van der Waals surface area contributed by atoms with Crippen molar-refractivity contribution in [3.05, 3.63) is 70.3 Å². The van der Waals surface area contributed by atoms with Crippen molar-refractivity contribution in [3.63, 3.8) is 0 Å². The number of hydrogen-bond acceptors (Lipinski definition) is 4. The predicted molar refractivity (Wildman–Crippen MR) is 134 cm³/mol. The van der Waals surface area contributed by atoms with E-state index in [2.05, 4.69) is 6.92 Å². The molecule has 1 N–H and O–H groups in total. The third-order valence-electron chi connectivity index (χ3n) is 6.71. The third-order valence-corrected chi connectivity index (χ3v) is 6.71. The molecule has 2 aliphatic rings. The molecule has 0 radical (unpaired) electrons.